The molecule has 1 atom stereocenters. The van der Waals surface area contributed by atoms with Crippen molar-refractivity contribution in [2.45, 2.75) is 25.2 Å². The number of carbonyl (C=O) groups is 1. The fourth-order valence-electron chi connectivity index (χ4n) is 2.67. The maximum atomic E-state index is 12.2. The van der Waals surface area contributed by atoms with Gasteiger partial charge in [-0.25, -0.2) is 13.4 Å². The maximum Gasteiger partial charge on any atom is 0.573 e. The van der Waals surface area contributed by atoms with E-state index in [-0.39, 0.29) is 35.6 Å². The topological polar surface area (TPSA) is 85.4 Å². The van der Waals surface area contributed by atoms with Crippen LogP contribution in [0.5, 0.6) is 5.75 Å². The fraction of sp³-hybridized carbons (Fsp3) is 0.375. The molecule has 0 radical (unpaired) electrons. The van der Waals surface area contributed by atoms with E-state index in [4.69, 9.17) is 0 Å². The van der Waals surface area contributed by atoms with Gasteiger partial charge in [-0.15, -0.1) is 24.5 Å². The zero-order valence-corrected chi connectivity index (χ0v) is 15.5. The molecule has 1 unspecified atom stereocenters. The van der Waals surface area contributed by atoms with Crippen LogP contribution in [-0.4, -0.2) is 43.2 Å². The monoisotopic (exact) mass is 420 g/mol. The number of halogens is 3. The van der Waals surface area contributed by atoms with Gasteiger partial charge in [-0.1, -0.05) is 0 Å². The number of rotatable bonds is 5. The van der Waals surface area contributed by atoms with Crippen LogP contribution in [0.25, 0.3) is 10.6 Å². The van der Waals surface area contributed by atoms with Gasteiger partial charge < -0.3 is 10.1 Å². The Hall–Kier alpha value is -2.14. The highest BCUT2D eigenvalue weighted by Crippen LogP contribution is 2.29. The molecule has 146 valence electrons. The molecule has 3 rings (SSSR count). The third-order valence-corrected chi connectivity index (χ3v) is 6.64. The minimum absolute atomic E-state index is 0.0426. The van der Waals surface area contributed by atoms with Crippen LogP contribution in [0.3, 0.4) is 0 Å². The molecule has 1 aromatic carbocycles. The largest absolute Gasteiger partial charge is 0.573 e. The molecule has 1 aliphatic rings. The molecule has 1 N–H and O–H groups in total. The van der Waals surface area contributed by atoms with Crippen molar-refractivity contribution < 1.29 is 31.1 Å². The highest BCUT2D eigenvalue weighted by atomic mass is 32.2. The van der Waals surface area contributed by atoms with Gasteiger partial charge in [-0.2, -0.15) is 0 Å². The number of ether oxygens (including phenoxy) is 1. The van der Waals surface area contributed by atoms with Crippen molar-refractivity contribution in [2.75, 3.05) is 11.5 Å². The fourth-order valence-corrected chi connectivity index (χ4v) is 5.26. The highest BCUT2D eigenvalue weighted by Gasteiger charge is 2.31. The molecule has 2 aromatic rings. The van der Waals surface area contributed by atoms with Crippen LogP contribution < -0.4 is 10.1 Å². The molecule has 0 saturated carbocycles. The summed E-state index contributed by atoms with van der Waals surface area (Å²) in [5, 5.41) is 3.25. The summed E-state index contributed by atoms with van der Waals surface area (Å²) in [5.74, 6) is -0.578. The Kier molecular flexibility index (Phi) is 5.43. The lowest BCUT2D eigenvalue weighted by Gasteiger charge is -2.09. The zero-order valence-electron chi connectivity index (χ0n) is 13.8. The van der Waals surface area contributed by atoms with Crippen molar-refractivity contribution in [3.05, 3.63) is 35.3 Å². The van der Waals surface area contributed by atoms with Gasteiger partial charge in [0.15, 0.2) is 9.84 Å². The molecule has 0 aliphatic carbocycles. The predicted octanol–water partition coefficient (Wildman–Crippen LogP) is 2.55. The van der Waals surface area contributed by atoms with Crippen molar-refractivity contribution in [1.82, 2.24) is 10.3 Å². The van der Waals surface area contributed by atoms with Crippen LogP contribution >= 0.6 is 11.3 Å². The molecule has 0 bridgehead atoms. The van der Waals surface area contributed by atoms with E-state index in [0.717, 1.165) is 0 Å². The van der Waals surface area contributed by atoms with Crippen molar-refractivity contribution in [3.8, 4) is 16.3 Å². The third-order valence-electron chi connectivity index (χ3n) is 3.82. The lowest BCUT2D eigenvalue weighted by molar-refractivity contribution is -0.274. The number of hydrogen-bond donors (Lipinski definition) is 1. The van der Waals surface area contributed by atoms with E-state index in [1.165, 1.54) is 41.8 Å². The molecule has 11 heteroatoms. The van der Waals surface area contributed by atoms with Gasteiger partial charge in [-0.3, -0.25) is 4.79 Å². The molecule has 2 heterocycles. The Labute approximate surface area is 157 Å². The molecule has 6 nitrogen and oxygen atoms in total. The quantitative estimate of drug-likeness (QED) is 0.804. The van der Waals surface area contributed by atoms with E-state index >= 15 is 0 Å². The van der Waals surface area contributed by atoms with E-state index in [9.17, 15) is 26.4 Å². The molecule has 0 spiro atoms. The second-order valence-corrected chi connectivity index (χ2v) is 9.39. The molecule has 1 aliphatic heterocycles. The number of nitrogens with zero attached hydrogens (tertiary/aromatic N) is 1. The Morgan fingerprint density at radius 3 is 2.59 bits per heavy atom. The minimum Gasteiger partial charge on any atom is -0.406 e. The summed E-state index contributed by atoms with van der Waals surface area (Å²) in [6.45, 7) is 0. The summed E-state index contributed by atoms with van der Waals surface area (Å²) in [6.07, 6.45) is -2.76. The molecule has 1 saturated heterocycles. The molecule has 1 aromatic heterocycles. The Morgan fingerprint density at radius 1 is 1.30 bits per heavy atom. The second-order valence-electron chi connectivity index (χ2n) is 6.05. The minimum atomic E-state index is -4.75. The normalized spacial score (nSPS) is 19.0. The number of hydrogen-bond acceptors (Lipinski definition) is 6. The van der Waals surface area contributed by atoms with Crippen LogP contribution in [-0.2, 0) is 21.1 Å². The maximum absolute atomic E-state index is 12.2. The number of carbonyl (C=O) groups excluding carboxylic acids is 1. The van der Waals surface area contributed by atoms with Gasteiger partial charge in [-0.05, 0) is 30.7 Å². The van der Waals surface area contributed by atoms with Gasteiger partial charge in [0.2, 0.25) is 5.91 Å². The van der Waals surface area contributed by atoms with E-state index in [1.807, 2.05) is 0 Å². The smallest absolute Gasteiger partial charge is 0.406 e. The first kappa shape index (κ1) is 19.6. The van der Waals surface area contributed by atoms with Gasteiger partial charge in [0.05, 0.1) is 17.9 Å². The van der Waals surface area contributed by atoms with Gasteiger partial charge >= 0.3 is 6.36 Å². The summed E-state index contributed by atoms with van der Waals surface area (Å²) in [4.78, 5) is 16.9. The van der Waals surface area contributed by atoms with Crippen LogP contribution in [0.1, 0.15) is 11.3 Å². The van der Waals surface area contributed by atoms with Crippen LogP contribution in [0.4, 0.5) is 13.2 Å². The molecule has 1 amide bonds. The van der Waals surface area contributed by atoms with Crippen molar-refractivity contribution in [2.24, 2.45) is 0 Å². The first-order valence-electron chi connectivity index (χ1n) is 7.90. The number of sulfone groups is 1. The summed E-state index contributed by atoms with van der Waals surface area (Å²) < 4.78 is 63.2. The summed E-state index contributed by atoms with van der Waals surface area (Å²) >= 11 is 1.24. The molecular weight excluding hydrogens is 405 g/mol. The third kappa shape index (κ3) is 5.67. The molecule has 27 heavy (non-hydrogen) atoms. The van der Waals surface area contributed by atoms with E-state index < -0.39 is 16.2 Å². The Bertz CT molecular complexity index is 924. The number of benzene rings is 1. The number of amides is 1. The lowest BCUT2D eigenvalue weighted by Crippen LogP contribution is -2.36. The second kappa shape index (κ2) is 7.47. The van der Waals surface area contributed by atoms with Crippen molar-refractivity contribution >= 4 is 27.1 Å². The summed E-state index contributed by atoms with van der Waals surface area (Å²) in [6, 6.07) is 4.92. The highest BCUT2D eigenvalue weighted by molar-refractivity contribution is 7.91. The van der Waals surface area contributed by atoms with E-state index in [1.54, 1.807) is 0 Å². The van der Waals surface area contributed by atoms with Crippen molar-refractivity contribution in [1.29, 1.82) is 0 Å². The van der Waals surface area contributed by atoms with E-state index in [0.29, 0.717) is 21.9 Å². The zero-order chi connectivity index (χ0) is 19.7. The summed E-state index contributed by atoms with van der Waals surface area (Å²) in [5.41, 5.74) is 0.600. The van der Waals surface area contributed by atoms with Gasteiger partial charge in [0, 0.05) is 22.7 Å². The lowest BCUT2D eigenvalue weighted by atomic mass is 10.2. The SMILES string of the molecule is O=C(Cc1cnc(-c2ccc(OC(F)(F)F)cc2)s1)NC1CCS(=O)(=O)C1. The first-order valence-corrected chi connectivity index (χ1v) is 10.5. The van der Waals surface area contributed by atoms with Crippen LogP contribution in [0.15, 0.2) is 30.5 Å². The molecular formula is C16H15F3N2O4S2. The number of nitrogens with one attached hydrogen (secondary N) is 1. The number of alkyl halides is 3. The predicted molar refractivity (Wildman–Crippen MR) is 93.1 cm³/mol. The standard InChI is InChI=1S/C16H15F3N2O4S2/c17-16(18,19)25-12-3-1-10(2-4-12)15-20-8-13(26-15)7-14(22)21-11-5-6-27(23,24)9-11/h1-4,8,11H,5-7,9H2,(H,21,22). The average molecular weight is 420 g/mol. The van der Waals surface area contributed by atoms with Gasteiger partial charge in [0.25, 0.3) is 0 Å². The van der Waals surface area contributed by atoms with Gasteiger partial charge in [0.1, 0.15) is 10.8 Å². The van der Waals surface area contributed by atoms with E-state index in [2.05, 4.69) is 15.0 Å². The van der Waals surface area contributed by atoms with Crippen LogP contribution in [0, 0.1) is 0 Å². The summed E-state index contributed by atoms with van der Waals surface area (Å²) in [7, 11) is -3.07. The van der Waals surface area contributed by atoms with Crippen LogP contribution in [0.2, 0.25) is 0 Å². The van der Waals surface area contributed by atoms with Crippen molar-refractivity contribution in [3.63, 3.8) is 0 Å². The average Bonchev–Trinajstić information content (AvgIpc) is 3.13. The first-order chi connectivity index (χ1) is 12.6. The molecule has 1 fully saturated rings. The Morgan fingerprint density at radius 2 is 2.00 bits per heavy atom. The Balaban J connectivity index is 1.59. The number of thiazole rings is 1. The number of aromatic nitrogens is 1.